The Morgan fingerprint density at radius 2 is 1.87 bits per heavy atom. The number of amides is 2. The summed E-state index contributed by atoms with van der Waals surface area (Å²) in [6.07, 6.45) is 5.00. The maximum Gasteiger partial charge on any atom is 0.243 e. The third kappa shape index (κ3) is 4.21. The predicted molar refractivity (Wildman–Crippen MR) is 93.1 cm³/mol. The quantitative estimate of drug-likeness (QED) is 0.822. The van der Waals surface area contributed by atoms with Crippen molar-refractivity contribution in [3.05, 3.63) is 0 Å². The molecule has 2 N–H and O–H groups in total. The normalized spacial score (nSPS) is 33.8. The molecular formula is C17H29N3O2S. The van der Waals surface area contributed by atoms with Crippen LogP contribution in [-0.4, -0.2) is 52.5 Å². The molecule has 3 aliphatic rings. The lowest BCUT2D eigenvalue weighted by molar-refractivity contribution is -0.139. The lowest BCUT2D eigenvalue weighted by Crippen LogP contribution is -2.54. The lowest BCUT2D eigenvalue weighted by atomic mass is 9.91. The third-order valence-corrected chi connectivity index (χ3v) is 6.02. The molecule has 3 unspecified atom stereocenters. The van der Waals surface area contributed by atoms with Crippen LogP contribution < -0.4 is 10.6 Å². The first-order valence-electron chi connectivity index (χ1n) is 8.75. The monoisotopic (exact) mass is 339 g/mol. The molecule has 0 spiro atoms. The van der Waals surface area contributed by atoms with Gasteiger partial charge in [-0.3, -0.25) is 9.59 Å². The molecule has 0 saturated carbocycles. The molecule has 3 rings (SSSR count). The van der Waals surface area contributed by atoms with Crippen molar-refractivity contribution in [2.75, 3.05) is 11.6 Å². The van der Waals surface area contributed by atoms with Crippen molar-refractivity contribution < 1.29 is 9.59 Å². The van der Waals surface area contributed by atoms with Gasteiger partial charge in [-0.2, -0.15) is 0 Å². The van der Waals surface area contributed by atoms with E-state index in [4.69, 9.17) is 0 Å². The van der Waals surface area contributed by atoms with Crippen LogP contribution in [0.2, 0.25) is 0 Å². The van der Waals surface area contributed by atoms with E-state index in [9.17, 15) is 9.59 Å². The smallest absolute Gasteiger partial charge is 0.243 e. The Labute approximate surface area is 143 Å². The average Bonchev–Trinajstić information content (AvgIpc) is 3.04. The molecule has 0 aromatic heterocycles. The van der Waals surface area contributed by atoms with Gasteiger partial charge in [0.2, 0.25) is 11.8 Å². The van der Waals surface area contributed by atoms with Crippen LogP contribution in [-0.2, 0) is 9.59 Å². The number of nitrogens with one attached hydrogen (secondary N) is 2. The molecule has 2 amide bonds. The van der Waals surface area contributed by atoms with Crippen molar-refractivity contribution in [3.63, 3.8) is 0 Å². The molecule has 0 aromatic rings. The molecule has 0 aliphatic carbocycles. The first kappa shape index (κ1) is 17.1. The highest BCUT2D eigenvalue weighted by molar-refractivity contribution is 7.99. The van der Waals surface area contributed by atoms with Crippen molar-refractivity contribution in [2.24, 2.45) is 5.41 Å². The van der Waals surface area contributed by atoms with E-state index in [2.05, 4.69) is 31.4 Å². The van der Waals surface area contributed by atoms with Crippen molar-refractivity contribution in [1.29, 1.82) is 0 Å². The van der Waals surface area contributed by atoms with E-state index in [1.165, 1.54) is 12.8 Å². The number of hydrogen-bond donors (Lipinski definition) is 2. The molecule has 3 atom stereocenters. The van der Waals surface area contributed by atoms with E-state index < -0.39 is 0 Å². The Kier molecular flexibility index (Phi) is 4.93. The topological polar surface area (TPSA) is 61.4 Å². The SMILES string of the molecule is CC(C)(C)CC(=O)N1CSCC1C(=O)NC1CC2CCC(C1)N2. The molecule has 2 bridgehead atoms. The molecule has 6 heteroatoms. The van der Waals surface area contributed by atoms with Crippen LogP contribution in [0, 0.1) is 5.41 Å². The second kappa shape index (κ2) is 6.63. The van der Waals surface area contributed by atoms with Crippen molar-refractivity contribution in [1.82, 2.24) is 15.5 Å². The summed E-state index contributed by atoms with van der Waals surface area (Å²) in [4.78, 5) is 27.0. The highest BCUT2D eigenvalue weighted by atomic mass is 32.2. The van der Waals surface area contributed by atoms with Crippen LogP contribution in [0.5, 0.6) is 0 Å². The lowest BCUT2D eigenvalue weighted by Gasteiger charge is -2.32. The first-order chi connectivity index (χ1) is 10.8. The molecule has 0 aromatic carbocycles. The number of hydrogen-bond acceptors (Lipinski definition) is 4. The van der Waals surface area contributed by atoms with Gasteiger partial charge in [-0.25, -0.2) is 0 Å². The minimum absolute atomic E-state index is 0.0421. The van der Waals surface area contributed by atoms with E-state index in [0.29, 0.717) is 24.4 Å². The summed E-state index contributed by atoms with van der Waals surface area (Å²) in [5, 5.41) is 6.82. The van der Waals surface area contributed by atoms with Gasteiger partial charge in [-0.1, -0.05) is 20.8 Å². The number of thioether (sulfide) groups is 1. The molecule has 3 heterocycles. The fraction of sp³-hybridized carbons (Fsp3) is 0.882. The Hall–Kier alpha value is -0.750. The van der Waals surface area contributed by atoms with Crippen LogP contribution in [0.3, 0.4) is 0 Å². The third-order valence-electron chi connectivity index (χ3n) is 5.01. The van der Waals surface area contributed by atoms with Gasteiger partial charge in [-0.05, 0) is 31.1 Å². The summed E-state index contributed by atoms with van der Waals surface area (Å²) >= 11 is 1.68. The summed E-state index contributed by atoms with van der Waals surface area (Å²) in [5.74, 6) is 1.51. The van der Waals surface area contributed by atoms with Gasteiger partial charge in [0.05, 0.1) is 5.88 Å². The standard InChI is InChI=1S/C17H29N3O2S/c1-17(2,3)8-15(21)20-10-23-9-14(20)16(22)19-13-6-11-4-5-12(7-13)18-11/h11-14,18H,4-10H2,1-3H3,(H,19,22). The van der Waals surface area contributed by atoms with Gasteiger partial charge in [-0.15, -0.1) is 11.8 Å². The highest BCUT2D eigenvalue weighted by Crippen LogP contribution is 2.29. The molecule has 3 fully saturated rings. The molecule has 23 heavy (non-hydrogen) atoms. The Bertz CT molecular complexity index is 465. The average molecular weight is 340 g/mol. The van der Waals surface area contributed by atoms with E-state index in [-0.39, 0.29) is 29.3 Å². The summed E-state index contributed by atoms with van der Waals surface area (Å²) in [6, 6.07) is 1.11. The minimum Gasteiger partial charge on any atom is -0.351 e. The first-order valence-corrected chi connectivity index (χ1v) is 9.91. The fourth-order valence-electron chi connectivity index (χ4n) is 3.93. The van der Waals surface area contributed by atoms with Crippen LogP contribution in [0.4, 0.5) is 0 Å². The molecule has 130 valence electrons. The van der Waals surface area contributed by atoms with Gasteiger partial charge >= 0.3 is 0 Å². The van der Waals surface area contributed by atoms with Crippen molar-refractivity contribution >= 4 is 23.6 Å². The van der Waals surface area contributed by atoms with E-state index in [0.717, 1.165) is 18.6 Å². The number of carbonyl (C=O) groups is 2. The van der Waals surface area contributed by atoms with Gasteiger partial charge in [0.15, 0.2) is 0 Å². The molecular weight excluding hydrogens is 310 g/mol. The number of nitrogens with zero attached hydrogens (tertiary/aromatic N) is 1. The zero-order valence-electron chi connectivity index (χ0n) is 14.4. The van der Waals surface area contributed by atoms with Crippen molar-refractivity contribution in [2.45, 2.75) is 77.0 Å². The molecule has 3 saturated heterocycles. The van der Waals surface area contributed by atoms with Gasteiger partial charge in [0.25, 0.3) is 0 Å². The van der Waals surface area contributed by atoms with Gasteiger partial charge in [0, 0.05) is 30.3 Å². The maximum absolute atomic E-state index is 12.7. The van der Waals surface area contributed by atoms with Crippen LogP contribution in [0.15, 0.2) is 0 Å². The highest BCUT2D eigenvalue weighted by Gasteiger charge is 2.39. The second-order valence-corrected chi connectivity index (χ2v) is 9.43. The maximum atomic E-state index is 12.7. The zero-order chi connectivity index (χ0) is 16.6. The Morgan fingerprint density at radius 3 is 2.48 bits per heavy atom. The van der Waals surface area contributed by atoms with Gasteiger partial charge < -0.3 is 15.5 Å². The number of fused-ring (bicyclic) bond motifs is 2. The van der Waals surface area contributed by atoms with E-state index in [1.807, 2.05) is 0 Å². The number of rotatable bonds is 3. The second-order valence-electron chi connectivity index (χ2n) is 8.43. The predicted octanol–water partition coefficient (Wildman–Crippen LogP) is 1.72. The van der Waals surface area contributed by atoms with Crippen LogP contribution in [0.25, 0.3) is 0 Å². The van der Waals surface area contributed by atoms with Crippen LogP contribution in [0.1, 0.15) is 52.9 Å². The van der Waals surface area contributed by atoms with Crippen LogP contribution >= 0.6 is 11.8 Å². The molecule has 0 radical (unpaired) electrons. The summed E-state index contributed by atoms with van der Waals surface area (Å²) in [7, 11) is 0. The van der Waals surface area contributed by atoms with Gasteiger partial charge in [0.1, 0.15) is 6.04 Å². The zero-order valence-corrected chi connectivity index (χ0v) is 15.2. The molecule has 3 aliphatic heterocycles. The molecule has 5 nitrogen and oxygen atoms in total. The Morgan fingerprint density at radius 1 is 1.22 bits per heavy atom. The summed E-state index contributed by atoms with van der Waals surface area (Å²) in [5.41, 5.74) is -0.0421. The van der Waals surface area contributed by atoms with E-state index in [1.54, 1.807) is 16.7 Å². The minimum atomic E-state index is -0.289. The Balaban J connectivity index is 1.56. The van der Waals surface area contributed by atoms with E-state index >= 15 is 0 Å². The number of piperidine rings is 1. The summed E-state index contributed by atoms with van der Waals surface area (Å²) in [6.45, 7) is 6.19. The van der Waals surface area contributed by atoms with Crippen molar-refractivity contribution in [3.8, 4) is 0 Å². The summed E-state index contributed by atoms with van der Waals surface area (Å²) < 4.78 is 0. The number of carbonyl (C=O) groups excluding carboxylic acids is 2. The largest absolute Gasteiger partial charge is 0.351 e. The fourth-order valence-corrected chi connectivity index (χ4v) is 5.11.